The van der Waals surface area contributed by atoms with Crippen LogP contribution in [0, 0.1) is 23.6 Å². The fraction of sp³-hybridized carbons (Fsp3) is 0.600. The molecule has 1 nitrogen and oxygen atoms in total. The Morgan fingerprint density at radius 2 is 2.06 bits per heavy atom. The van der Waals surface area contributed by atoms with Gasteiger partial charge in [-0.1, -0.05) is 11.6 Å². The van der Waals surface area contributed by atoms with Crippen molar-refractivity contribution in [2.75, 3.05) is 7.05 Å². The van der Waals surface area contributed by atoms with Crippen LogP contribution in [0.25, 0.3) is 0 Å². The highest BCUT2D eigenvalue weighted by atomic mass is 35.5. The largest absolute Gasteiger partial charge is 0.316 e. The van der Waals surface area contributed by atoms with E-state index in [1.165, 1.54) is 25.3 Å². The molecular formula is C15H19ClFN. The molecule has 2 fully saturated rings. The van der Waals surface area contributed by atoms with E-state index in [1.54, 1.807) is 12.1 Å². The zero-order valence-electron chi connectivity index (χ0n) is 10.6. The molecular weight excluding hydrogens is 249 g/mol. The number of benzene rings is 1. The van der Waals surface area contributed by atoms with Gasteiger partial charge in [0, 0.05) is 11.1 Å². The van der Waals surface area contributed by atoms with Gasteiger partial charge < -0.3 is 5.32 Å². The van der Waals surface area contributed by atoms with Crippen molar-refractivity contribution in [2.24, 2.45) is 17.8 Å². The van der Waals surface area contributed by atoms with E-state index in [9.17, 15) is 4.39 Å². The topological polar surface area (TPSA) is 12.0 Å². The maximum atomic E-state index is 13.8. The number of rotatable bonds is 4. The number of hydrogen-bond acceptors (Lipinski definition) is 1. The number of fused-ring (bicyclic) bond motifs is 1. The summed E-state index contributed by atoms with van der Waals surface area (Å²) in [6.07, 6.45) is 4.81. The van der Waals surface area contributed by atoms with Gasteiger partial charge in [0.25, 0.3) is 0 Å². The summed E-state index contributed by atoms with van der Waals surface area (Å²) >= 11 is 5.95. The van der Waals surface area contributed by atoms with Crippen LogP contribution >= 0.6 is 11.6 Å². The smallest absolute Gasteiger partial charge is 0.126 e. The Kier molecular flexibility index (Phi) is 3.33. The fourth-order valence-corrected chi connectivity index (χ4v) is 3.73. The SMILES string of the molecule is CNC(Cc1cc(Cl)ccc1F)C1CC2CC2C1. The first-order valence-corrected chi connectivity index (χ1v) is 7.16. The summed E-state index contributed by atoms with van der Waals surface area (Å²) in [5, 5.41) is 3.99. The van der Waals surface area contributed by atoms with Crippen LogP contribution in [0.3, 0.4) is 0 Å². The molecule has 3 heteroatoms. The second-order valence-electron chi connectivity index (χ2n) is 5.82. The van der Waals surface area contributed by atoms with E-state index in [4.69, 9.17) is 11.6 Å². The van der Waals surface area contributed by atoms with Gasteiger partial charge in [0.1, 0.15) is 5.82 Å². The highest BCUT2D eigenvalue weighted by Crippen LogP contribution is 2.55. The average Bonchev–Trinajstić information content (AvgIpc) is 2.97. The van der Waals surface area contributed by atoms with Gasteiger partial charge in [0.2, 0.25) is 0 Å². The van der Waals surface area contributed by atoms with Gasteiger partial charge in [-0.25, -0.2) is 4.39 Å². The first-order chi connectivity index (χ1) is 8.67. The fourth-order valence-electron chi connectivity index (χ4n) is 3.53. The third-order valence-corrected chi connectivity index (χ3v) is 4.90. The minimum atomic E-state index is -0.136. The minimum absolute atomic E-state index is 0.136. The van der Waals surface area contributed by atoms with E-state index in [0.717, 1.165) is 23.8 Å². The normalized spacial score (nSPS) is 31.2. The summed E-state index contributed by atoms with van der Waals surface area (Å²) in [5.41, 5.74) is 0.738. The van der Waals surface area contributed by atoms with Crippen LogP contribution in [-0.4, -0.2) is 13.1 Å². The van der Waals surface area contributed by atoms with E-state index < -0.39 is 0 Å². The van der Waals surface area contributed by atoms with Crippen molar-refractivity contribution in [3.63, 3.8) is 0 Å². The zero-order chi connectivity index (χ0) is 12.7. The highest BCUT2D eigenvalue weighted by molar-refractivity contribution is 6.30. The highest BCUT2D eigenvalue weighted by Gasteiger charge is 2.47. The predicted octanol–water partition coefficient (Wildman–Crippen LogP) is 3.66. The molecule has 1 aromatic carbocycles. The predicted molar refractivity (Wildman–Crippen MR) is 72.3 cm³/mol. The Labute approximate surface area is 113 Å². The van der Waals surface area contributed by atoms with Crippen molar-refractivity contribution in [3.8, 4) is 0 Å². The van der Waals surface area contributed by atoms with E-state index in [-0.39, 0.29) is 5.82 Å². The first kappa shape index (κ1) is 12.4. The second-order valence-corrected chi connectivity index (χ2v) is 6.26. The monoisotopic (exact) mass is 267 g/mol. The molecule has 1 aromatic rings. The lowest BCUT2D eigenvalue weighted by Crippen LogP contribution is -2.35. The van der Waals surface area contributed by atoms with Crippen LogP contribution in [0.1, 0.15) is 24.8 Å². The van der Waals surface area contributed by atoms with Crippen molar-refractivity contribution < 1.29 is 4.39 Å². The van der Waals surface area contributed by atoms with Gasteiger partial charge in [-0.2, -0.15) is 0 Å². The van der Waals surface area contributed by atoms with E-state index >= 15 is 0 Å². The number of nitrogens with one attached hydrogen (secondary N) is 1. The van der Waals surface area contributed by atoms with Gasteiger partial charge in [-0.15, -0.1) is 0 Å². The summed E-state index contributed by atoms with van der Waals surface area (Å²) in [7, 11) is 1.98. The standard InChI is InChI=1S/C15H19ClFN/c1-18-15(12-5-9-4-10(9)6-12)8-11-7-13(16)2-3-14(11)17/h2-3,7,9-10,12,15,18H,4-6,8H2,1H3. The molecule has 3 rings (SSSR count). The Balaban J connectivity index is 1.70. The third kappa shape index (κ3) is 2.41. The van der Waals surface area contributed by atoms with Crippen molar-refractivity contribution in [1.29, 1.82) is 0 Å². The Bertz CT molecular complexity index is 438. The molecule has 3 atom stereocenters. The van der Waals surface area contributed by atoms with Crippen LogP contribution in [0.5, 0.6) is 0 Å². The molecule has 98 valence electrons. The van der Waals surface area contributed by atoms with Gasteiger partial charge in [0.15, 0.2) is 0 Å². The molecule has 18 heavy (non-hydrogen) atoms. The maximum Gasteiger partial charge on any atom is 0.126 e. The van der Waals surface area contributed by atoms with Gasteiger partial charge >= 0.3 is 0 Å². The Hall–Kier alpha value is -0.600. The lowest BCUT2D eigenvalue weighted by Gasteiger charge is -2.24. The lowest BCUT2D eigenvalue weighted by molar-refractivity contribution is 0.346. The zero-order valence-corrected chi connectivity index (χ0v) is 11.4. The molecule has 0 amide bonds. The lowest BCUT2D eigenvalue weighted by atomic mass is 9.89. The summed E-state index contributed by atoms with van der Waals surface area (Å²) in [6.45, 7) is 0. The molecule has 0 radical (unpaired) electrons. The summed E-state index contributed by atoms with van der Waals surface area (Å²) < 4.78 is 13.8. The molecule has 2 aliphatic carbocycles. The van der Waals surface area contributed by atoms with Crippen molar-refractivity contribution in [1.82, 2.24) is 5.32 Å². The molecule has 3 unspecified atom stereocenters. The van der Waals surface area contributed by atoms with Gasteiger partial charge in [-0.05, 0) is 74.2 Å². The molecule has 0 aromatic heterocycles. The summed E-state index contributed by atoms with van der Waals surface area (Å²) in [4.78, 5) is 0. The molecule has 0 bridgehead atoms. The van der Waals surface area contributed by atoms with Gasteiger partial charge in [-0.3, -0.25) is 0 Å². The van der Waals surface area contributed by atoms with Crippen molar-refractivity contribution >= 4 is 11.6 Å². The number of hydrogen-bond donors (Lipinski definition) is 1. The molecule has 0 aliphatic heterocycles. The molecule has 0 saturated heterocycles. The summed E-state index contributed by atoms with van der Waals surface area (Å²) in [5.74, 6) is 2.50. The molecule has 1 N–H and O–H groups in total. The minimum Gasteiger partial charge on any atom is -0.316 e. The first-order valence-electron chi connectivity index (χ1n) is 6.78. The van der Waals surface area contributed by atoms with Crippen LogP contribution in [0.15, 0.2) is 18.2 Å². The van der Waals surface area contributed by atoms with Gasteiger partial charge in [0.05, 0.1) is 0 Å². The second kappa shape index (κ2) is 4.82. The Morgan fingerprint density at radius 1 is 1.33 bits per heavy atom. The van der Waals surface area contributed by atoms with Crippen LogP contribution in [0.4, 0.5) is 4.39 Å². The van der Waals surface area contributed by atoms with E-state index in [1.807, 2.05) is 7.05 Å². The van der Waals surface area contributed by atoms with Crippen LogP contribution < -0.4 is 5.32 Å². The van der Waals surface area contributed by atoms with E-state index in [0.29, 0.717) is 17.0 Å². The van der Waals surface area contributed by atoms with Crippen LogP contribution in [0.2, 0.25) is 5.02 Å². The molecule has 2 saturated carbocycles. The van der Waals surface area contributed by atoms with Crippen molar-refractivity contribution in [3.05, 3.63) is 34.6 Å². The van der Waals surface area contributed by atoms with E-state index in [2.05, 4.69) is 5.32 Å². The summed E-state index contributed by atoms with van der Waals surface area (Å²) in [6, 6.07) is 5.22. The maximum absolute atomic E-state index is 13.8. The molecule has 0 spiro atoms. The number of halogens is 2. The molecule has 2 aliphatic rings. The average molecular weight is 268 g/mol. The van der Waals surface area contributed by atoms with Crippen molar-refractivity contribution in [2.45, 2.75) is 31.7 Å². The number of likely N-dealkylation sites (N-methyl/N-ethyl adjacent to an activating group) is 1. The Morgan fingerprint density at radius 3 is 2.72 bits per heavy atom. The third-order valence-electron chi connectivity index (χ3n) is 4.67. The van der Waals surface area contributed by atoms with Crippen LogP contribution in [-0.2, 0) is 6.42 Å². The molecule has 0 heterocycles. The quantitative estimate of drug-likeness (QED) is 0.878.